The second-order valence-electron chi connectivity index (χ2n) is 5.61. The predicted octanol–water partition coefficient (Wildman–Crippen LogP) is 2.43. The summed E-state index contributed by atoms with van der Waals surface area (Å²) in [6, 6.07) is 2.65. The van der Waals surface area contributed by atoms with Crippen LogP contribution in [0.2, 0.25) is 0 Å². The minimum absolute atomic E-state index is 0. The number of fused-ring (bicyclic) bond motifs is 2. The van der Waals surface area contributed by atoms with Crippen molar-refractivity contribution >= 4 is 34.7 Å². The molecule has 116 valence electrons. The highest BCUT2D eigenvalue weighted by molar-refractivity contribution is 7.13. The molecule has 3 rings (SSSR count). The monoisotopic (exact) mass is 331 g/mol. The van der Waals surface area contributed by atoms with Crippen molar-refractivity contribution in [3.05, 3.63) is 27.1 Å². The molecule has 8 heteroatoms. The average Bonchev–Trinajstić information content (AvgIpc) is 3.04. The zero-order chi connectivity index (χ0) is 14.3. The van der Waals surface area contributed by atoms with Crippen molar-refractivity contribution in [3.63, 3.8) is 0 Å². The lowest BCUT2D eigenvalue weighted by atomic mass is 9.98. The number of halogens is 1. The molecule has 2 bridgehead atoms. The van der Waals surface area contributed by atoms with Crippen LogP contribution in [0.3, 0.4) is 0 Å². The zero-order valence-corrected chi connectivity index (χ0v) is 13.3. The van der Waals surface area contributed by atoms with Gasteiger partial charge in [-0.15, -0.1) is 12.4 Å². The Bertz CT molecular complexity index is 539. The van der Waals surface area contributed by atoms with E-state index in [9.17, 15) is 14.9 Å². The molecular formula is C13H18ClN3O3S. The molecule has 2 saturated heterocycles. The molecule has 2 aliphatic rings. The quantitative estimate of drug-likeness (QED) is 0.681. The van der Waals surface area contributed by atoms with Gasteiger partial charge in [0.05, 0.1) is 10.5 Å². The first-order valence-corrected chi connectivity index (χ1v) is 7.68. The third kappa shape index (κ3) is 3.20. The lowest BCUT2D eigenvalue weighted by Crippen LogP contribution is -2.48. The zero-order valence-electron chi connectivity index (χ0n) is 11.7. The van der Waals surface area contributed by atoms with E-state index in [0.717, 1.165) is 24.2 Å². The summed E-state index contributed by atoms with van der Waals surface area (Å²) in [6.07, 6.45) is 4.33. The van der Waals surface area contributed by atoms with Crippen LogP contribution in [0.15, 0.2) is 11.4 Å². The van der Waals surface area contributed by atoms with Crippen molar-refractivity contribution in [2.45, 2.75) is 43.8 Å². The normalized spacial score (nSPS) is 27.0. The van der Waals surface area contributed by atoms with Crippen LogP contribution < -0.4 is 5.32 Å². The van der Waals surface area contributed by atoms with E-state index in [0.29, 0.717) is 17.6 Å². The van der Waals surface area contributed by atoms with E-state index < -0.39 is 4.92 Å². The number of hydrogen-bond donors (Lipinski definition) is 1. The molecule has 2 unspecified atom stereocenters. The van der Waals surface area contributed by atoms with Crippen molar-refractivity contribution in [1.29, 1.82) is 0 Å². The van der Waals surface area contributed by atoms with E-state index >= 15 is 0 Å². The highest BCUT2D eigenvalue weighted by Crippen LogP contribution is 2.30. The molecule has 3 heterocycles. The number of rotatable bonds is 3. The van der Waals surface area contributed by atoms with Gasteiger partial charge in [-0.1, -0.05) is 11.3 Å². The molecule has 0 spiro atoms. The Labute approximate surface area is 133 Å². The van der Waals surface area contributed by atoms with E-state index in [4.69, 9.17) is 0 Å². The molecule has 1 amide bonds. The van der Waals surface area contributed by atoms with Crippen LogP contribution in [0.1, 0.15) is 36.0 Å². The lowest BCUT2D eigenvalue weighted by molar-refractivity contribution is -0.380. The van der Waals surface area contributed by atoms with E-state index in [1.807, 2.05) is 0 Å². The molecule has 21 heavy (non-hydrogen) atoms. The topological polar surface area (TPSA) is 75.5 Å². The predicted molar refractivity (Wildman–Crippen MR) is 83.3 cm³/mol. The van der Waals surface area contributed by atoms with Crippen molar-refractivity contribution in [2.75, 3.05) is 7.05 Å². The van der Waals surface area contributed by atoms with Gasteiger partial charge in [0.1, 0.15) is 0 Å². The average molecular weight is 332 g/mol. The van der Waals surface area contributed by atoms with Gasteiger partial charge in [-0.3, -0.25) is 14.9 Å². The van der Waals surface area contributed by atoms with Crippen molar-refractivity contribution in [2.24, 2.45) is 0 Å². The van der Waals surface area contributed by atoms with Gasteiger partial charge in [-0.25, -0.2) is 0 Å². The first kappa shape index (κ1) is 16.2. The summed E-state index contributed by atoms with van der Waals surface area (Å²) >= 11 is 1.00. The van der Waals surface area contributed by atoms with Gasteiger partial charge < -0.3 is 10.2 Å². The lowest BCUT2D eigenvalue weighted by Gasteiger charge is -2.35. The molecule has 2 aliphatic heterocycles. The number of hydrogen-bond acceptors (Lipinski definition) is 5. The highest BCUT2D eigenvalue weighted by atomic mass is 35.5. The third-order valence-electron chi connectivity index (χ3n) is 4.33. The second-order valence-corrected chi connectivity index (χ2v) is 6.50. The minimum atomic E-state index is -0.452. The highest BCUT2D eigenvalue weighted by Gasteiger charge is 2.36. The molecule has 1 N–H and O–H groups in total. The van der Waals surface area contributed by atoms with Gasteiger partial charge in [0.15, 0.2) is 0 Å². The van der Waals surface area contributed by atoms with Crippen LogP contribution >= 0.6 is 23.7 Å². The second kappa shape index (κ2) is 6.29. The fourth-order valence-corrected chi connectivity index (χ4v) is 3.94. The van der Waals surface area contributed by atoms with Crippen molar-refractivity contribution < 1.29 is 9.72 Å². The van der Waals surface area contributed by atoms with Gasteiger partial charge >= 0.3 is 5.00 Å². The number of carbonyl (C=O) groups excluding carboxylic acids is 1. The van der Waals surface area contributed by atoms with Crippen LogP contribution in [-0.4, -0.2) is 40.9 Å². The van der Waals surface area contributed by atoms with Crippen LogP contribution in [0.4, 0.5) is 5.00 Å². The summed E-state index contributed by atoms with van der Waals surface area (Å²) in [5.41, 5.74) is 0.426. The number of nitro groups is 1. The third-order valence-corrected chi connectivity index (χ3v) is 5.21. The molecule has 1 aromatic heterocycles. The SMILES string of the molecule is CN(C(=O)c1csc([N+](=O)[O-])c1)C1CC2CCC(C1)N2.Cl. The molecule has 0 radical (unpaired) electrons. The first-order valence-electron chi connectivity index (χ1n) is 6.80. The van der Waals surface area contributed by atoms with E-state index in [1.54, 1.807) is 17.3 Å². The number of nitrogens with zero attached hydrogens (tertiary/aromatic N) is 2. The van der Waals surface area contributed by atoms with Gasteiger partial charge in [0.25, 0.3) is 5.91 Å². The Balaban J connectivity index is 0.00000161. The Hall–Kier alpha value is -1.18. The molecule has 1 aromatic rings. The van der Waals surface area contributed by atoms with Gasteiger partial charge in [-0.05, 0) is 25.7 Å². The minimum Gasteiger partial charge on any atom is -0.339 e. The van der Waals surface area contributed by atoms with Crippen molar-refractivity contribution in [3.8, 4) is 0 Å². The van der Waals surface area contributed by atoms with Crippen LogP contribution in [0, 0.1) is 10.1 Å². The summed E-state index contributed by atoms with van der Waals surface area (Å²) in [7, 11) is 1.81. The maximum Gasteiger partial charge on any atom is 0.324 e. The number of thiophene rings is 1. The maximum absolute atomic E-state index is 12.4. The molecule has 0 aromatic carbocycles. The standard InChI is InChI=1S/C13H17N3O3S.ClH/c1-15(11-5-9-2-3-10(6-11)14-9)13(17)8-4-12(16(18)19)20-7-8;/h4,7,9-11,14H,2-3,5-6H2,1H3;1H. The smallest absolute Gasteiger partial charge is 0.324 e. The Kier molecular flexibility index (Phi) is 4.85. The number of nitrogens with one attached hydrogen (secondary N) is 1. The van der Waals surface area contributed by atoms with E-state index in [1.165, 1.54) is 18.9 Å². The molecule has 2 atom stereocenters. The number of amides is 1. The molecule has 0 saturated carbocycles. The Morgan fingerprint density at radius 2 is 2.05 bits per heavy atom. The van der Waals surface area contributed by atoms with Gasteiger partial charge in [0, 0.05) is 36.6 Å². The fraction of sp³-hybridized carbons (Fsp3) is 0.615. The van der Waals surface area contributed by atoms with Gasteiger partial charge in [-0.2, -0.15) is 0 Å². The molecule has 6 nitrogen and oxygen atoms in total. The summed E-state index contributed by atoms with van der Waals surface area (Å²) in [5, 5.41) is 15.8. The number of piperidine rings is 1. The van der Waals surface area contributed by atoms with Gasteiger partial charge in [0.2, 0.25) is 0 Å². The summed E-state index contributed by atoms with van der Waals surface area (Å²) in [5.74, 6) is -0.111. The summed E-state index contributed by atoms with van der Waals surface area (Å²) < 4.78 is 0. The van der Waals surface area contributed by atoms with Crippen LogP contribution in [-0.2, 0) is 0 Å². The summed E-state index contributed by atoms with van der Waals surface area (Å²) in [6.45, 7) is 0. The largest absolute Gasteiger partial charge is 0.339 e. The molecule has 2 fully saturated rings. The first-order chi connectivity index (χ1) is 9.54. The summed E-state index contributed by atoms with van der Waals surface area (Å²) in [4.78, 5) is 24.4. The molecule has 0 aliphatic carbocycles. The number of carbonyl (C=O) groups is 1. The molecular weight excluding hydrogens is 314 g/mol. The maximum atomic E-state index is 12.4. The van der Waals surface area contributed by atoms with Crippen LogP contribution in [0.5, 0.6) is 0 Å². The van der Waals surface area contributed by atoms with Crippen LogP contribution in [0.25, 0.3) is 0 Å². The Morgan fingerprint density at radius 1 is 1.43 bits per heavy atom. The van der Waals surface area contributed by atoms with E-state index in [2.05, 4.69) is 5.32 Å². The van der Waals surface area contributed by atoms with Crippen molar-refractivity contribution in [1.82, 2.24) is 10.2 Å². The van der Waals surface area contributed by atoms with E-state index in [-0.39, 0.29) is 29.4 Å². The fourth-order valence-electron chi connectivity index (χ4n) is 3.25. The Morgan fingerprint density at radius 3 is 2.57 bits per heavy atom.